The van der Waals surface area contributed by atoms with Gasteiger partial charge in [0.05, 0.1) is 18.1 Å². The molecule has 152 valence electrons. The number of H-pyrrole nitrogens is 1. The maximum absolute atomic E-state index is 12.7. The molecule has 0 unspecified atom stereocenters. The van der Waals surface area contributed by atoms with Crippen LogP contribution in [0, 0.1) is 12.8 Å². The second-order valence-electron chi connectivity index (χ2n) is 7.72. The first-order valence-corrected chi connectivity index (χ1v) is 10.6. The van der Waals surface area contributed by atoms with E-state index in [2.05, 4.69) is 16.9 Å². The van der Waals surface area contributed by atoms with E-state index >= 15 is 0 Å². The number of aromatic amines is 1. The topological polar surface area (TPSA) is 81.3 Å². The summed E-state index contributed by atoms with van der Waals surface area (Å²) in [4.78, 5) is 34.7. The number of aryl methyl sites for hydroxylation is 2. The minimum absolute atomic E-state index is 0.156. The van der Waals surface area contributed by atoms with Gasteiger partial charge in [-0.05, 0) is 62.3 Å². The average molecular weight is 413 g/mol. The number of carbonyl (C=O) groups is 1. The number of fused-ring (bicyclic) bond motifs is 3. The lowest BCUT2D eigenvalue weighted by atomic mass is 9.89. The Hall–Kier alpha value is -2.67. The van der Waals surface area contributed by atoms with Crippen molar-refractivity contribution in [2.75, 3.05) is 7.11 Å². The zero-order chi connectivity index (χ0) is 20.7. The first kappa shape index (κ1) is 19.6. The summed E-state index contributed by atoms with van der Waals surface area (Å²) < 4.78 is 10.8. The average Bonchev–Trinajstić information content (AvgIpc) is 3.05. The highest BCUT2D eigenvalue weighted by molar-refractivity contribution is 7.18. The van der Waals surface area contributed by atoms with Gasteiger partial charge in [-0.1, -0.05) is 13.0 Å². The molecule has 1 aliphatic carbocycles. The molecule has 0 aliphatic heterocycles. The molecule has 0 saturated carbocycles. The summed E-state index contributed by atoms with van der Waals surface area (Å²) >= 11 is 1.58. The molecular weight excluding hydrogens is 388 g/mol. The van der Waals surface area contributed by atoms with Crippen LogP contribution in [0.1, 0.15) is 58.6 Å². The number of esters is 1. The van der Waals surface area contributed by atoms with Gasteiger partial charge in [0.2, 0.25) is 0 Å². The Morgan fingerprint density at radius 2 is 2.17 bits per heavy atom. The normalized spacial score (nSPS) is 17.0. The van der Waals surface area contributed by atoms with Crippen molar-refractivity contribution in [3.8, 4) is 5.75 Å². The molecule has 0 saturated heterocycles. The maximum atomic E-state index is 12.7. The first-order chi connectivity index (χ1) is 13.9. The van der Waals surface area contributed by atoms with Crippen molar-refractivity contribution in [1.29, 1.82) is 0 Å². The largest absolute Gasteiger partial charge is 0.496 e. The van der Waals surface area contributed by atoms with E-state index in [9.17, 15) is 9.59 Å². The fraction of sp³-hybridized carbons (Fsp3) is 0.409. The lowest BCUT2D eigenvalue weighted by Crippen LogP contribution is -2.18. The van der Waals surface area contributed by atoms with E-state index in [4.69, 9.17) is 9.47 Å². The lowest BCUT2D eigenvalue weighted by Gasteiger charge is -2.17. The molecule has 1 aliphatic rings. The van der Waals surface area contributed by atoms with Gasteiger partial charge in [-0.2, -0.15) is 0 Å². The van der Waals surface area contributed by atoms with Crippen molar-refractivity contribution in [3.05, 3.63) is 55.9 Å². The molecule has 0 amide bonds. The molecule has 2 atom stereocenters. The van der Waals surface area contributed by atoms with Crippen LogP contribution >= 0.6 is 11.3 Å². The van der Waals surface area contributed by atoms with Crippen LogP contribution in [0.25, 0.3) is 10.2 Å². The summed E-state index contributed by atoms with van der Waals surface area (Å²) in [6.07, 6.45) is 2.32. The molecule has 3 aromatic rings. The molecule has 0 fully saturated rings. The molecule has 4 rings (SSSR count). The maximum Gasteiger partial charge on any atom is 0.338 e. The van der Waals surface area contributed by atoms with E-state index in [-0.39, 0.29) is 5.56 Å². The van der Waals surface area contributed by atoms with Crippen molar-refractivity contribution < 1.29 is 14.3 Å². The standard InChI is InChI=1S/C22H24N2O4S/c1-11-5-8-15-17(9-11)29-21-18(15)20(25)23-19(24-21)13(3)28-22(26)14-7-6-12(2)16(10-14)27-4/h6-7,10-11,13H,5,8-9H2,1-4H3,(H,23,24,25)/t11-,13-/m1/s1. The number of nitrogens with one attached hydrogen (secondary N) is 1. The number of hydrogen-bond donors (Lipinski definition) is 1. The summed E-state index contributed by atoms with van der Waals surface area (Å²) in [5.41, 5.74) is 2.31. The van der Waals surface area contributed by atoms with E-state index in [0.29, 0.717) is 28.4 Å². The zero-order valence-electron chi connectivity index (χ0n) is 17.0. The van der Waals surface area contributed by atoms with E-state index in [1.165, 1.54) is 4.88 Å². The molecular formula is C22H24N2O4S. The Labute approximate surface area is 172 Å². The fourth-order valence-electron chi connectivity index (χ4n) is 3.79. The molecule has 2 aromatic heterocycles. The van der Waals surface area contributed by atoms with Crippen LogP contribution in [0.3, 0.4) is 0 Å². The number of rotatable bonds is 4. The van der Waals surface area contributed by atoms with Gasteiger partial charge in [-0.15, -0.1) is 11.3 Å². The summed E-state index contributed by atoms with van der Waals surface area (Å²) in [7, 11) is 1.56. The summed E-state index contributed by atoms with van der Waals surface area (Å²) in [5.74, 6) is 1.12. The highest BCUT2D eigenvalue weighted by atomic mass is 32.1. The van der Waals surface area contributed by atoms with Crippen LogP contribution < -0.4 is 10.3 Å². The van der Waals surface area contributed by atoms with Crippen molar-refractivity contribution in [2.24, 2.45) is 5.92 Å². The number of methoxy groups -OCH3 is 1. The Kier molecular flexibility index (Phi) is 5.17. The number of benzene rings is 1. The molecule has 7 heteroatoms. The van der Waals surface area contributed by atoms with Gasteiger partial charge in [-0.25, -0.2) is 9.78 Å². The molecule has 29 heavy (non-hydrogen) atoms. The van der Waals surface area contributed by atoms with Crippen molar-refractivity contribution >= 4 is 27.5 Å². The molecule has 6 nitrogen and oxygen atoms in total. The first-order valence-electron chi connectivity index (χ1n) is 9.77. The second-order valence-corrected chi connectivity index (χ2v) is 8.80. The number of nitrogens with zero attached hydrogens (tertiary/aromatic N) is 1. The Morgan fingerprint density at radius 3 is 2.93 bits per heavy atom. The Balaban J connectivity index is 1.61. The van der Waals surface area contributed by atoms with Gasteiger partial charge < -0.3 is 14.5 Å². The van der Waals surface area contributed by atoms with Crippen LogP contribution in [-0.4, -0.2) is 23.0 Å². The molecule has 0 radical (unpaired) electrons. The van der Waals surface area contributed by atoms with Crippen molar-refractivity contribution in [3.63, 3.8) is 0 Å². The minimum atomic E-state index is -0.676. The fourth-order valence-corrected chi connectivity index (χ4v) is 5.18. The van der Waals surface area contributed by atoms with E-state index < -0.39 is 12.1 Å². The number of hydrogen-bond acceptors (Lipinski definition) is 6. The van der Waals surface area contributed by atoms with Gasteiger partial charge >= 0.3 is 5.97 Å². The molecule has 1 N–H and O–H groups in total. The molecule has 1 aromatic carbocycles. The monoisotopic (exact) mass is 412 g/mol. The zero-order valence-corrected chi connectivity index (χ0v) is 17.8. The third-order valence-electron chi connectivity index (χ3n) is 5.50. The van der Waals surface area contributed by atoms with Gasteiger partial charge in [-0.3, -0.25) is 4.79 Å². The second kappa shape index (κ2) is 7.63. The minimum Gasteiger partial charge on any atom is -0.496 e. The van der Waals surface area contributed by atoms with Crippen LogP contribution in [0.2, 0.25) is 0 Å². The molecule has 0 bridgehead atoms. The van der Waals surface area contributed by atoms with Crippen molar-refractivity contribution in [1.82, 2.24) is 9.97 Å². The third kappa shape index (κ3) is 3.67. The van der Waals surface area contributed by atoms with E-state index in [1.54, 1.807) is 37.5 Å². The van der Waals surface area contributed by atoms with E-state index in [1.807, 2.05) is 13.0 Å². The van der Waals surface area contributed by atoms with Crippen molar-refractivity contribution in [2.45, 2.75) is 46.1 Å². The Bertz CT molecular complexity index is 1150. The van der Waals surface area contributed by atoms with Gasteiger partial charge in [0, 0.05) is 4.88 Å². The number of thiophene rings is 1. The number of aromatic nitrogens is 2. The predicted molar refractivity (Wildman–Crippen MR) is 113 cm³/mol. The SMILES string of the molecule is COc1cc(C(=O)O[C@H](C)c2nc3sc4c(c3c(=O)[nH]2)CC[C@@H](C)C4)ccc1C. The Morgan fingerprint density at radius 1 is 1.38 bits per heavy atom. The molecule has 0 spiro atoms. The highest BCUT2D eigenvalue weighted by Gasteiger charge is 2.24. The van der Waals surface area contributed by atoms with Gasteiger partial charge in [0.25, 0.3) is 5.56 Å². The molecule has 2 heterocycles. The summed E-state index contributed by atoms with van der Waals surface area (Å²) in [5, 5.41) is 0.697. The number of carbonyl (C=O) groups excluding carboxylic acids is 1. The van der Waals surface area contributed by atoms with Crippen LogP contribution in [0.15, 0.2) is 23.0 Å². The van der Waals surface area contributed by atoms with Gasteiger partial charge in [0.1, 0.15) is 10.6 Å². The van der Waals surface area contributed by atoms with Crippen LogP contribution in [0.5, 0.6) is 5.75 Å². The smallest absolute Gasteiger partial charge is 0.338 e. The summed E-state index contributed by atoms with van der Waals surface area (Å²) in [6.45, 7) is 5.85. The third-order valence-corrected chi connectivity index (χ3v) is 6.64. The van der Waals surface area contributed by atoms with E-state index in [0.717, 1.165) is 35.2 Å². The quantitative estimate of drug-likeness (QED) is 0.645. The number of ether oxygens (including phenoxy) is 2. The lowest BCUT2D eigenvalue weighted by molar-refractivity contribution is 0.0319. The highest BCUT2D eigenvalue weighted by Crippen LogP contribution is 2.36. The van der Waals surface area contributed by atoms with Crippen LogP contribution in [-0.2, 0) is 17.6 Å². The predicted octanol–water partition coefficient (Wildman–Crippen LogP) is 4.34. The van der Waals surface area contributed by atoms with Gasteiger partial charge in [0.15, 0.2) is 11.9 Å². The van der Waals surface area contributed by atoms with Crippen LogP contribution in [0.4, 0.5) is 0 Å². The summed E-state index contributed by atoms with van der Waals surface area (Å²) in [6, 6.07) is 5.16.